The van der Waals surface area contributed by atoms with Gasteiger partial charge in [-0.2, -0.15) is 0 Å². The molecule has 154 valence electrons. The average Bonchev–Trinajstić information content (AvgIpc) is 3.37. The minimum atomic E-state index is -0.219. The summed E-state index contributed by atoms with van der Waals surface area (Å²) in [6.45, 7) is 9.86. The Kier molecular flexibility index (Phi) is 5.55. The van der Waals surface area contributed by atoms with Crippen LogP contribution in [0, 0.1) is 17.3 Å². The summed E-state index contributed by atoms with van der Waals surface area (Å²) in [5, 5.41) is 0. The molecule has 0 N–H and O–H groups in total. The standard InChI is InChI=1S/C23H34N2O3/c1-4-23(5-2)12-21(28-22(23)26)9-10-24-13-17-15-25(16-18(17)14-24)19-7-6-8-20(11-19)27-3/h6-8,11,17-18,21H,4-5,9-10,12-16H2,1-3H3/t17?,18?,21-/m1/s1. The van der Waals surface area contributed by atoms with Crippen molar-refractivity contribution in [3.05, 3.63) is 24.3 Å². The number of likely N-dealkylation sites (tertiary alicyclic amines) is 1. The summed E-state index contributed by atoms with van der Waals surface area (Å²) >= 11 is 0. The molecule has 0 radical (unpaired) electrons. The number of hydrogen-bond acceptors (Lipinski definition) is 5. The normalized spacial score (nSPS) is 29.2. The van der Waals surface area contributed by atoms with Crippen LogP contribution in [0.2, 0.25) is 0 Å². The second-order valence-corrected chi connectivity index (χ2v) is 8.89. The first-order valence-corrected chi connectivity index (χ1v) is 10.9. The van der Waals surface area contributed by atoms with Crippen LogP contribution in [0.1, 0.15) is 39.5 Å². The van der Waals surface area contributed by atoms with Crippen molar-refractivity contribution in [1.29, 1.82) is 0 Å². The summed E-state index contributed by atoms with van der Waals surface area (Å²) in [5.41, 5.74) is 1.05. The summed E-state index contributed by atoms with van der Waals surface area (Å²) in [4.78, 5) is 17.4. The molecule has 1 aromatic carbocycles. The molecular formula is C23H34N2O3. The van der Waals surface area contributed by atoms with Gasteiger partial charge < -0.3 is 19.3 Å². The molecule has 1 aromatic rings. The van der Waals surface area contributed by atoms with E-state index in [0.29, 0.717) is 0 Å². The van der Waals surface area contributed by atoms with E-state index in [0.717, 1.165) is 62.9 Å². The Hall–Kier alpha value is -1.75. The Morgan fingerprint density at radius 2 is 1.86 bits per heavy atom. The van der Waals surface area contributed by atoms with Crippen molar-refractivity contribution in [2.45, 2.75) is 45.6 Å². The fourth-order valence-corrected chi connectivity index (χ4v) is 5.44. The van der Waals surface area contributed by atoms with Gasteiger partial charge >= 0.3 is 5.97 Å². The summed E-state index contributed by atoms with van der Waals surface area (Å²) in [6, 6.07) is 8.40. The lowest BCUT2D eigenvalue weighted by Crippen LogP contribution is -2.30. The van der Waals surface area contributed by atoms with Gasteiger partial charge in [0.25, 0.3) is 0 Å². The maximum atomic E-state index is 12.3. The molecule has 3 aliphatic rings. The van der Waals surface area contributed by atoms with E-state index in [1.54, 1.807) is 7.11 Å². The van der Waals surface area contributed by atoms with Crippen molar-refractivity contribution in [3.8, 4) is 5.75 Å². The highest BCUT2D eigenvalue weighted by Crippen LogP contribution is 2.41. The quantitative estimate of drug-likeness (QED) is 0.670. The van der Waals surface area contributed by atoms with Crippen molar-refractivity contribution in [1.82, 2.24) is 4.90 Å². The molecular weight excluding hydrogens is 352 g/mol. The lowest BCUT2D eigenvalue weighted by Gasteiger charge is -2.24. The summed E-state index contributed by atoms with van der Waals surface area (Å²) in [6.07, 6.45) is 3.79. The van der Waals surface area contributed by atoms with E-state index in [1.165, 1.54) is 18.8 Å². The Morgan fingerprint density at radius 1 is 1.14 bits per heavy atom. The highest BCUT2D eigenvalue weighted by molar-refractivity contribution is 5.78. The highest BCUT2D eigenvalue weighted by Gasteiger charge is 2.46. The van der Waals surface area contributed by atoms with Gasteiger partial charge in [-0.05, 0) is 43.2 Å². The first-order valence-electron chi connectivity index (χ1n) is 10.9. The lowest BCUT2D eigenvalue weighted by atomic mass is 9.79. The number of carbonyl (C=O) groups excluding carboxylic acids is 1. The van der Waals surface area contributed by atoms with Gasteiger partial charge in [-0.1, -0.05) is 19.9 Å². The van der Waals surface area contributed by atoms with Gasteiger partial charge in [-0.3, -0.25) is 4.79 Å². The molecule has 2 unspecified atom stereocenters. The van der Waals surface area contributed by atoms with Crippen LogP contribution in [-0.4, -0.2) is 56.8 Å². The number of rotatable bonds is 7. The van der Waals surface area contributed by atoms with Gasteiger partial charge in [0.1, 0.15) is 11.9 Å². The Bertz CT molecular complexity index is 689. The Balaban J connectivity index is 1.26. The second kappa shape index (κ2) is 7.94. The number of hydrogen-bond donors (Lipinski definition) is 0. The number of benzene rings is 1. The van der Waals surface area contributed by atoms with E-state index >= 15 is 0 Å². The number of esters is 1. The van der Waals surface area contributed by atoms with E-state index in [-0.39, 0.29) is 17.5 Å². The molecule has 5 nitrogen and oxygen atoms in total. The smallest absolute Gasteiger partial charge is 0.312 e. The van der Waals surface area contributed by atoms with Gasteiger partial charge in [0.2, 0.25) is 0 Å². The first kappa shape index (κ1) is 19.6. The van der Waals surface area contributed by atoms with Gasteiger partial charge in [0.05, 0.1) is 12.5 Å². The van der Waals surface area contributed by atoms with Crippen LogP contribution in [0.15, 0.2) is 24.3 Å². The molecule has 0 amide bonds. The van der Waals surface area contributed by atoms with Crippen LogP contribution < -0.4 is 9.64 Å². The van der Waals surface area contributed by atoms with E-state index in [4.69, 9.17) is 9.47 Å². The minimum absolute atomic E-state index is 0.0368. The number of anilines is 1. The van der Waals surface area contributed by atoms with Gasteiger partial charge in [-0.25, -0.2) is 0 Å². The first-order chi connectivity index (χ1) is 13.6. The van der Waals surface area contributed by atoms with Crippen molar-refractivity contribution in [2.24, 2.45) is 17.3 Å². The third-order valence-corrected chi connectivity index (χ3v) is 7.43. The number of cyclic esters (lactones) is 1. The molecule has 3 atom stereocenters. The third-order valence-electron chi connectivity index (χ3n) is 7.43. The predicted octanol–water partition coefficient (Wildman–Crippen LogP) is 3.58. The SMILES string of the molecule is CCC1(CC)C[C@@H](CCN2CC3CN(c4cccc(OC)c4)CC3C2)OC1=O. The van der Waals surface area contributed by atoms with Crippen LogP contribution in [0.4, 0.5) is 5.69 Å². The maximum Gasteiger partial charge on any atom is 0.312 e. The maximum absolute atomic E-state index is 12.3. The van der Waals surface area contributed by atoms with Crippen LogP contribution in [0.25, 0.3) is 0 Å². The molecule has 3 aliphatic heterocycles. The summed E-state index contributed by atoms with van der Waals surface area (Å²) in [7, 11) is 1.72. The molecule has 0 aliphatic carbocycles. The molecule has 3 saturated heterocycles. The zero-order valence-electron chi connectivity index (χ0n) is 17.5. The molecule has 4 rings (SSSR count). The predicted molar refractivity (Wildman–Crippen MR) is 111 cm³/mol. The average molecular weight is 387 g/mol. The largest absolute Gasteiger partial charge is 0.497 e. The zero-order chi connectivity index (χ0) is 19.7. The summed E-state index contributed by atoms with van der Waals surface area (Å²) < 4.78 is 11.1. The lowest BCUT2D eigenvalue weighted by molar-refractivity contribution is -0.149. The monoisotopic (exact) mass is 386 g/mol. The molecule has 0 aromatic heterocycles. The van der Waals surface area contributed by atoms with Gasteiger partial charge in [0.15, 0.2) is 0 Å². The van der Waals surface area contributed by atoms with E-state index in [2.05, 4.69) is 41.8 Å². The van der Waals surface area contributed by atoms with Crippen LogP contribution in [0.5, 0.6) is 5.75 Å². The van der Waals surface area contributed by atoms with E-state index in [1.807, 2.05) is 6.07 Å². The molecule has 0 bridgehead atoms. The number of methoxy groups -OCH3 is 1. The zero-order valence-corrected chi connectivity index (χ0v) is 17.5. The highest BCUT2D eigenvalue weighted by atomic mass is 16.6. The van der Waals surface area contributed by atoms with Crippen molar-refractivity contribution in [2.75, 3.05) is 44.7 Å². The topological polar surface area (TPSA) is 42.0 Å². The van der Waals surface area contributed by atoms with E-state index < -0.39 is 0 Å². The molecule has 0 saturated carbocycles. The number of fused-ring (bicyclic) bond motifs is 1. The fourth-order valence-electron chi connectivity index (χ4n) is 5.44. The Morgan fingerprint density at radius 3 is 2.46 bits per heavy atom. The molecule has 28 heavy (non-hydrogen) atoms. The Labute approximate surface area is 169 Å². The number of carbonyl (C=O) groups is 1. The number of ether oxygens (including phenoxy) is 2. The second-order valence-electron chi connectivity index (χ2n) is 8.89. The van der Waals surface area contributed by atoms with Crippen LogP contribution >= 0.6 is 0 Å². The van der Waals surface area contributed by atoms with Crippen LogP contribution in [0.3, 0.4) is 0 Å². The fraction of sp³-hybridized carbons (Fsp3) is 0.696. The molecule has 3 heterocycles. The van der Waals surface area contributed by atoms with Crippen molar-refractivity contribution in [3.63, 3.8) is 0 Å². The molecule has 3 fully saturated rings. The van der Waals surface area contributed by atoms with Crippen molar-refractivity contribution < 1.29 is 14.3 Å². The molecule has 5 heteroatoms. The minimum Gasteiger partial charge on any atom is -0.497 e. The van der Waals surface area contributed by atoms with Crippen molar-refractivity contribution >= 4 is 11.7 Å². The number of nitrogens with zero attached hydrogens (tertiary/aromatic N) is 2. The molecule has 0 spiro atoms. The van der Waals surface area contributed by atoms with Gasteiger partial charge in [-0.15, -0.1) is 0 Å². The van der Waals surface area contributed by atoms with Crippen LogP contribution in [-0.2, 0) is 9.53 Å². The third kappa shape index (κ3) is 3.61. The van der Waals surface area contributed by atoms with Gasteiger partial charge in [0, 0.05) is 50.9 Å². The van der Waals surface area contributed by atoms with E-state index in [9.17, 15) is 4.79 Å². The summed E-state index contributed by atoms with van der Waals surface area (Å²) in [5.74, 6) is 2.44.